The van der Waals surface area contributed by atoms with Crippen molar-refractivity contribution in [2.24, 2.45) is 5.92 Å². The molecule has 2 atom stereocenters. The Kier molecular flexibility index (Phi) is 8.01. The van der Waals surface area contributed by atoms with Crippen molar-refractivity contribution in [3.63, 3.8) is 0 Å². The third-order valence-corrected chi connectivity index (χ3v) is 5.97. The Hall–Kier alpha value is 0.660. The zero-order valence-corrected chi connectivity index (χ0v) is 12.6. The molecule has 0 spiro atoms. The van der Waals surface area contributed by atoms with E-state index in [1.807, 2.05) is 0 Å². The Morgan fingerprint density at radius 2 is 2.06 bits per heavy atom. The highest BCUT2D eigenvalue weighted by Gasteiger charge is 2.23. The van der Waals surface area contributed by atoms with Crippen LogP contribution in [0.3, 0.4) is 0 Å². The van der Waals surface area contributed by atoms with Crippen LogP contribution in [0.4, 0.5) is 0 Å². The minimum absolute atomic E-state index is 0.751. The van der Waals surface area contributed by atoms with Crippen LogP contribution in [0, 0.1) is 5.92 Å². The molecule has 1 saturated heterocycles. The molecule has 1 N–H and O–H groups in total. The first-order valence-electron chi connectivity index (χ1n) is 6.66. The number of nitrogens with one attached hydrogen (secondary N) is 1. The van der Waals surface area contributed by atoms with E-state index in [9.17, 15) is 0 Å². The lowest BCUT2D eigenvalue weighted by atomic mass is 10.0. The quantitative estimate of drug-likeness (QED) is 0.751. The monoisotopic (exact) mass is 261 g/mol. The van der Waals surface area contributed by atoms with Gasteiger partial charge in [0.2, 0.25) is 0 Å². The van der Waals surface area contributed by atoms with E-state index in [0.29, 0.717) is 0 Å². The first kappa shape index (κ1) is 14.7. The predicted octanol–water partition coefficient (Wildman–Crippen LogP) is 3.64. The highest BCUT2D eigenvalue weighted by atomic mass is 32.2. The average Bonchev–Trinajstić information content (AvgIpc) is 2.29. The van der Waals surface area contributed by atoms with Crippen molar-refractivity contribution >= 4 is 23.5 Å². The highest BCUT2D eigenvalue weighted by Crippen LogP contribution is 2.28. The summed E-state index contributed by atoms with van der Waals surface area (Å²) in [5.41, 5.74) is 0. The van der Waals surface area contributed by atoms with E-state index in [1.165, 1.54) is 36.5 Å². The standard InChI is InChI=1S/C13H27NS2/c1-4-14-12(7-5-6-11(2)3)13-10-15-8-9-16-13/h11-14H,4-10H2,1-3H3. The van der Waals surface area contributed by atoms with Crippen molar-refractivity contribution in [2.45, 2.75) is 51.3 Å². The van der Waals surface area contributed by atoms with Gasteiger partial charge in [-0.15, -0.1) is 0 Å². The van der Waals surface area contributed by atoms with Crippen molar-refractivity contribution in [3.8, 4) is 0 Å². The van der Waals surface area contributed by atoms with Crippen LogP contribution in [-0.2, 0) is 0 Å². The first-order chi connectivity index (χ1) is 7.74. The molecule has 1 aliphatic rings. The molecule has 0 aromatic rings. The molecule has 0 aromatic heterocycles. The second kappa shape index (κ2) is 8.71. The summed E-state index contributed by atoms with van der Waals surface area (Å²) in [4.78, 5) is 0. The van der Waals surface area contributed by atoms with Crippen molar-refractivity contribution in [3.05, 3.63) is 0 Å². The Bertz CT molecular complexity index is 167. The van der Waals surface area contributed by atoms with Crippen molar-refractivity contribution < 1.29 is 0 Å². The molecule has 1 heterocycles. The van der Waals surface area contributed by atoms with Crippen LogP contribution in [0.2, 0.25) is 0 Å². The van der Waals surface area contributed by atoms with E-state index in [0.717, 1.165) is 23.8 Å². The van der Waals surface area contributed by atoms with E-state index in [1.54, 1.807) is 0 Å². The molecule has 0 aliphatic carbocycles. The van der Waals surface area contributed by atoms with Gasteiger partial charge in [0, 0.05) is 28.6 Å². The lowest BCUT2D eigenvalue weighted by molar-refractivity contribution is 0.443. The molecule has 96 valence electrons. The second-order valence-electron chi connectivity index (χ2n) is 4.97. The molecule has 0 bridgehead atoms. The normalized spacial score (nSPS) is 23.6. The zero-order valence-electron chi connectivity index (χ0n) is 11.0. The second-order valence-corrected chi connectivity index (χ2v) is 7.47. The van der Waals surface area contributed by atoms with Gasteiger partial charge in [0.05, 0.1) is 0 Å². The van der Waals surface area contributed by atoms with Crippen molar-refractivity contribution in [2.75, 3.05) is 23.8 Å². The lowest BCUT2D eigenvalue weighted by Gasteiger charge is -2.30. The third kappa shape index (κ3) is 5.83. The van der Waals surface area contributed by atoms with Crippen molar-refractivity contribution in [1.29, 1.82) is 0 Å². The maximum absolute atomic E-state index is 3.69. The molecular weight excluding hydrogens is 234 g/mol. The van der Waals surface area contributed by atoms with Crippen LogP contribution in [0.25, 0.3) is 0 Å². The summed E-state index contributed by atoms with van der Waals surface area (Å²) in [5, 5.41) is 4.54. The topological polar surface area (TPSA) is 12.0 Å². The van der Waals surface area contributed by atoms with E-state index in [2.05, 4.69) is 49.6 Å². The van der Waals surface area contributed by atoms with Gasteiger partial charge in [-0.3, -0.25) is 0 Å². The summed E-state index contributed by atoms with van der Waals surface area (Å²) in [5.74, 6) is 4.91. The molecule has 0 amide bonds. The summed E-state index contributed by atoms with van der Waals surface area (Å²) in [6.45, 7) is 8.01. The summed E-state index contributed by atoms with van der Waals surface area (Å²) >= 11 is 4.32. The molecular formula is C13H27NS2. The predicted molar refractivity (Wildman–Crippen MR) is 79.7 cm³/mol. The summed E-state index contributed by atoms with van der Waals surface area (Å²) < 4.78 is 0. The fraction of sp³-hybridized carbons (Fsp3) is 1.00. The number of hydrogen-bond donors (Lipinski definition) is 1. The Morgan fingerprint density at radius 1 is 1.25 bits per heavy atom. The van der Waals surface area contributed by atoms with Gasteiger partial charge in [0.1, 0.15) is 0 Å². The van der Waals surface area contributed by atoms with Crippen LogP contribution in [-0.4, -0.2) is 35.1 Å². The van der Waals surface area contributed by atoms with Crippen LogP contribution in [0.15, 0.2) is 0 Å². The highest BCUT2D eigenvalue weighted by molar-refractivity contribution is 8.06. The Balaban J connectivity index is 2.27. The van der Waals surface area contributed by atoms with Gasteiger partial charge in [-0.1, -0.05) is 33.6 Å². The average molecular weight is 261 g/mol. The van der Waals surface area contributed by atoms with Crippen LogP contribution >= 0.6 is 23.5 Å². The van der Waals surface area contributed by atoms with Crippen LogP contribution in [0.1, 0.15) is 40.0 Å². The minimum atomic E-state index is 0.751. The van der Waals surface area contributed by atoms with Gasteiger partial charge in [-0.25, -0.2) is 0 Å². The molecule has 1 rings (SSSR count). The maximum atomic E-state index is 3.69. The molecule has 1 nitrogen and oxygen atoms in total. The van der Waals surface area contributed by atoms with Crippen LogP contribution in [0.5, 0.6) is 0 Å². The lowest BCUT2D eigenvalue weighted by Crippen LogP contribution is -2.41. The number of thioether (sulfide) groups is 2. The molecule has 0 aromatic carbocycles. The SMILES string of the molecule is CCNC(CCCC(C)C)C1CSCCS1. The molecule has 0 saturated carbocycles. The van der Waals surface area contributed by atoms with E-state index in [4.69, 9.17) is 0 Å². The summed E-state index contributed by atoms with van der Waals surface area (Å²) in [6.07, 6.45) is 4.13. The fourth-order valence-electron chi connectivity index (χ4n) is 2.17. The molecule has 2 unspecified atom stereocenters. The van der Waals surface area contributed by atoms with E-state index < -0.39 is 0 Å². The van der Waals surface area contributed by atoms with Gasteiger partial charge < -0.3 is 5.32 Å². The van der Waals surface area contributed by atoms with E-state index >= 15 is 0 Å². The van der Waals surface area contributed by atoms with Gasteiger partial charge in [0.25, 0.3) is 0 Å². The third-order valence-electron chi connectivity index (χ3n) is 3.05. The summed E-state index contributed by atoms with van der Waals surface area (Å²) in [6, 6.07) is 0.751. The minimum Gasteiger partial charge on any atom is -0.313 e. The van der Waals surface area contributed by atoms with Crippen molar-refractivity contribution in [1.82, 2.24) is 5.32 Å². The molecule has 0 radical (unpaired) electrons. The fourth-order valence-corrected chi connectivity index (χ4v) is 5.09. The Morgan fingerprint density at radius 3 is 2.62 bits per heavy atom. The smallest absolute Gasteiger partial charge is 0.0291 e. The van der Waals surface area contributed by atoms with Gasteiger partial charge >= 0.3 is 0 Å². The van der Waals surface area contributed by atoms with Gasteiger partial charge in [-0.05, 0) is 18.9 Å². The van der Waals surface area contributed by atoms with Gasteiger partial charge in [0.15, 0.2) is 0 Å². The molecule has 16 heavy (non-hydrogen) atoms. The number of hydrogen-bond acceptors (Lipinski definition) is 3. The molecule has 1 fully saturated rings. The van der Waals surface area contributed by atoms with Crippen LogP contribution < -0.4 is 5.32 Å². The van der Waals surface area contributed by atoms with Gasteiger partial charge in [-0.2, -0.15) is 23.5 Å². The number of rotatable bonds is 7. The Labute approximate surface area is 110 Å². The first-order valence-corrected chi connectivity index (χ1v) is 8.87. The largest absolute Gasteiger partial charge is 0.313 e. The maximum Gasteiger partial charge on any atom is 0.0291 e. The molecule has 1 aliphatic heterocycles. The van der Waals surface area contributed by atoms with E-state index in [-0.39, 0.29) is 0 Å². The zero-order chi connectivity index (χ0) is 11.8. The summed E-state index contributed by atoms with van der Waals surface area (Å²) in [7, 11) is 0. The molecule has 3 heteroatoms.